The van der Waals surface area contributed by atoms with Gasteiger partial charge in [-0.05, 0) is 12.8 Å². The van der Waals surface area contributed by atoms with Crippen molar-refractivity contribution >= 4 is 0 Å². The van der Waals surface area contributed by atoms with Gasteiger partial charge in [-0.1, -0.05) is 0 Å². The highest BCUT2D eigenvalue weighted by Crippen LogP contribution is 2.35. The van der Waals surface area contributed by atoms with Gasteiger partial charge >= 0.3 is 5.69 Å². The number of hydrogen-bond acceptors (Lipinski definition) is 2. The molecule has 1 aliphatic carbocycles. The Bertz CT molecular complexity index is 440. The lowest BCUT2D eigenvalue weighted by atomic mass is 10.2. The fraction of sp³-hybridized carbons (Fsp3) is 0.727. The van der Waals surface area contributed by atoms with Crippen molar-refractivity contribution in [1.29, 1.82) is 0 Å². The standard InChI is InChI=1S/C11H16N2O2/c1-12-9-4-6-15-7-5-10(9)13(11(12)14)8-2-3-8/h8H,2-7H2,1H3. The SMILES string of the molecule is Cn1c2c(n(C3CC3)c1=O)CCOCC2. The second kappa shape index (κ2) is 3.23. The van der Waals surface area contributed by atoms with Gasteiger partial charge in [-0.15, -0.1) is 0 Å². The first-order chi connectivity index (χ1) is 7.29. The van der Waals surface area contributed by atoms with Crippen LogP contribution in [-0.4, -0.2) is 22.3 Å². The van der Waals surface area contributed by atoms with Gasteiger partial charge < -0.3 is 4.74 Å². The molecule has 4 nitrogen and oxygen atoms in total. The molecule has 2 heterocycles. The minimum Gasteiger partial charge on any atom is -0.381 e. The molecule has 1 saturated carbocycles. The maximum Gasteiger partial charge on any atom is 0.328 e. The lowest BCUT2D eigenvalue weighted by molar-refractivity contribution is 0.144. The Kier molecular flexibility index (Phi) is 1.99. The van der Waals surface area contributed by atoms with Gasteiger partial charge in [0.15, 0.2) is 0 Å². The average Bonchev–Trinajstić information content (AvgIpc) is 3.01. The molecule has 2 aliphatic rings. The molecule has 1 aromatic rings. The van der Waals surface area contributed by atoms with Crippen molar-refractivity contribution in [3.8, 4) is 0 Å². The molecule has 0 spiro atoms. The summed E-state index contributed by atoms with van der Waals surface area (Å²) in [5, 5.41) is 0. The maximum absolute atomic E-state index is 12.0. The Labute approximate surface area is 88.5 Å². The number of ether oxygens (including phenoxy) is 1. The van der Waals surface area contributed by atoms with E-state index in [9.17, 15) is 4.79 Å². The van der Waals surface area contributed by atoms with E-state index in [0.29, 0.717) is 6.04 Å². The van der Waals surface area contributed by atoms with Crippen molar-refractivity contribution in [3.63, 3.8) is 0 Å². The topological polar surface area (TPSA) is 36.2 Å². The molecular weight excluding hydrogens is 192 g/mol. The third-order valence-corrected chi connectivity index (χ3v) is 3.40. The van der Waals surface area contributed by atoms with Crippen LogP contribution in [-0.2, 0) is 24.6 Å². The Balaban J connectivity index is 2.17. The number of imidazole rings is 1. The van der Waals surface area contributed by atoms with Crippen LogP contribution in [0.3, 0.4) is 0 Å². The summed E-state index contributed by atoms with van der Waals surface area (Å²) in [5.74, 6) is 0. The van der Waals surface area contributed by atoms with Crippen LogP contribution in [0.2, 0.25) is 0 Å². The largest absolute Gasteiger partial charge is 0.381 e. The summed E-state index contributed by atoms with van der Waals surface area (Å²) in [5.41, 5.74) is 2.58. The molecule has 0 saturated heterocycles. The molecule has 82 valence electrons. The summed E-state index contributed by atoms with van der Waals surface area (Å²) in [4.78, 5) is 12.0. The molecule has 0 N–H and O–H groups in total. The third-order valence-electron chi connectivity index (χ3n) is 3.40. The predicted octanol–water partition coefficient (Wildman–Crippen LogP) is 0.637. The monoisotopic (exact) mass is 208 g/mol. The quantitative estimate of drug-likeness (QED) is 0.679. The van der Waals surface area contributed by atoms with E-state index in [1.165, 1.54) is 11.4 Å². The van der Waals surface area contributed by atoms with E-state index < -0.39 is 0 Å². The van der Waals surface area contributed by atoms with Gasteiger partial charge in [0.1, 0.15) is 0 Å². The summed E-state index contributed by atoms with van der Waals surface area (Å²) in [6.07, 6.45) is 4.09. The summed E-state index contributed by atoms with van der Waals surface area (Å²) < 4.78 is 9.27. The highest BCUT2D eigenvalue weighted by Gasteiger charge is 2.31. The van der Waals surface area contributed by atoms with E-state index >= 15 is 0 Å². The van der Waals surface area contributed by atoms with Crippen LogP contribution in [0.1, 0.15) is 30.3 Å². The number of fused-ring (bicyclic) bond motifs is 1. The van der Waals surface area contributed by atoms with Gasteiger partial charge in [0, 0.05) is 37.3 Å². The van der Waals surface area contributed by atoms with Crippen molar-refractivity contribution in [2.24, 2.45) is 7.05 Å². The number of rotatable bonds is 1. The normalized spacial score (nSPS) is 21.1. The number of aromatic nitrogens is 2. The fourth-order valence-corrected chi connectivity index (χ4v) is 2.45. The van der Waals surface area contributed by atoms with Crippen LogP contribution in [0.5, 0.6) is 0 Å². The van der Waals surface area contributed by atoms with E-state index in [1.807, 2.05) is 16.2 Å². The van der Waals surface area contributed by atoms with Crippen LogP contribution in [0.4, 0.5) is 0 Å². The fourth-order valence-electron chi connectivity index (χ4n) is 2.45. The molecule has 0 unspecified atom stereocenters. The van der Waals surface area contributed by atoms with E-state index in [1.54, 1.807) is 0 Å². The van der Waals surface area contributed by atoms with Crippen LogP contribution >= 0.6 is 0 Å². The second-order valence-electron chi connectivity index (χ2n) is 4.45. The van der Waals surface area contributed by atoms with Crippen LogP contribution in [0.25, 0.3) is 0 Å². The molecular formula is C11H16N2O2. The van der Waals surface area contributed by atoms with Gasteiger partial charge in [0.25, 0.3) is 0 Å². The first-order valence-corrected chi connectivity index (χ1v) is 5.65. The molecule has 0 radical (unpaired) electrons. The first-order valence-electron chi connectivity index (χ1n) is 5.65. The highest BCUT2D eigenvalue weighted by atomic mass is 16.5. The summed E-state index contributed by atoms with van der Waals surface area (Å²) in [7, 11) is 1.88. The summed E-state index contributed by atoms with van der Waals surface area (Å²) in [6, 6.07) is 0.477. The van der Waals surface area contributed by atoms with Crippen molar-refractivity contribution in [1.82, 2.24) is 9.13 Å². The zero-order valence-corrected chi connectivity index (χ0v) is 9.03. The minimum atomic E-state index is 0.171. The van der Waals surface area contributed by atoms with Gasteiger partial charge in [-0.25, -0.2) is 4.79 Å². The molecule has 4 heteroatoms. The van der Waals surface area contributed by atoms with Gasteiger partial charge in [-0.3, -0.25) is 9.13 Å². The number of nitrogens with zero attached hydrogens (tertiary/aromatic N) is 2. The van der Waals surface area contributed by atoms with Crippen molar-refractivity contribution in [2.45, 2.75) is 31.7 Å². The molecule has 1 aromatic heterocycles. The molecule has 1 fully saturated rings. The summed E-state index contributed by atoms with van der Waals surface area (Å²) in [6.45, 7) is 1.50. The minimum absolute atomic E-state index is 0.171. The zero-order chi connectivity index (χ0) is 10.4. The first kappa shape index (κ1) is 9.21. The van der Waals surface area contributed by atoms with E-state index in [-0.39, 0.29) is 5.69 Å². The molecule has 15 heavy (non-hydrogen) atoms. The van der Waals surface area contributed by atoms with E-state index in [4.69, 9.17) is 4.74 Å². The van der Waals surface area contributed by atoms with E-state index in [0.717, 1.165) is 38.9 Å². The average molecular weight is 208 g/mol. The Hall–Kier alpha value is -1.03. The van der Waals surface area contributed by atoms with Crippen LogP contribution in [0.15, 0.2) is 4.79 Å². The maximum atomic E-state index is 12.0. The Morgan fingerprint density at radius 2 is 1.87 bits per heavy atom. The second-order valence-corrected chi connectivity index (χ2v) is 4.45. The number of hydrogen-bond donors (Lipinski definition) is 0. The Morgan fingerprint density at radius 1 is 1.20 bits per heavy atom. The van der Waals surface area contributed by atoms with Crippen molar-refractivity contribution < 1.29 is 4.74 Å². The molecule has 0 bridgehead atoms. The highest BCUT2D eigenvalue weighted by molar-refractivity contribution is 5.19. The van der Waals surface area contributed by atoms with Crippen LogP contribution < -0.4 is 5.69 Å². The van der Waals surface area contributed by atoms with E-state index in [2.05, 4.69) is 0 Å². The molecule has 0 amide bonds. The van der Waals surface area contributed by atoms with Crippen LogP contribution in [0, 0.1) is 0 Å². The predicted molar refractivity (Wildman–Crippen MR) is 56.2 cm³/mol. The molecule has 1 aliphatic heterocycles. The van der Waals surface area contributed by atoms with Gasteiger partial charge in [0.2, 0.25) is 0 Å². The lowest BCUT2D eigenvalue weighted by Gasteiger charge is -2.04. The molecule has 0 aromatic carbocycles. The zero-order valence-electron chi connectivity index (χ0n) is 9.03. The Morgan fingerprint density at radius 3 is 2.53 bits per heavy atom. The van der Waals surface area contributed by atoms with Crippen molar-refractivity contribution in [3.05, 3.63) is 21.9 Å². The summed E-state index contributed by atoms with van der Waals surface area (Å²) >= 11 is 0. The van der Waals surface area contributed by atoms with Crippen molar-refractivity contribution in [2.75, 3.05) is 13.2 Å². The van der Waals surface area contributed by atoms with Gasteiger partial charge in [-0.2, -0.15) is 0 Å². The third kappa shape index (κ3) is 1.35. The van der Waals surface area contributed by atoms with Gasteiger partial charge in [0.05, 0.1) is 13.2 Å². The molecule has 3 rings (SSSR count). The lowest BCUT2D eigenvalue weighted by Crippen LogP contribution is -2.23. The smallest absolute Gasteiger partial charge is 0.328 e. The molecule has 0 atom stereocenters.